The maximum Gasteiger partial charge on any atom is 0.119 e. The van der Waals surface area contributed by atoms with E-state index in [1.807, 2.05) is 0 Å². The van der Waals surface area contributed by atoms with Crippen LogP contribution >= 0.6 is 0 Å². The molecule has 0 unspecified atom stereocenters. The van der Waals surface area contributed by atoms with Crippen molar-refractivity contribution < 1.29 is 4.74 Å². The van der Waals surface area contributed by atoms with Crippen LogP contribution in [0.3, 0.4) is 0 Å². The van der Waals surface area contributed by atoms with Crippen LogP contribution in [-0.2, 0) is 13.0 Å². The number of benzene rings is 2. The molecule has 0 saturated heterocycles. The van der Waals surface area contributed by atoms with Gasteiger partial charge >= 0.3 is 0 Å². The topological polar surface area (TPSA) is 12.5 Å². The zero-order chi connectivity index (χ0) is 19.2. The van der Waals surface area contributed by atoms with E-state index in [0.717, 1.165) is 18.2 Å². The smallest absolute Gasteiger partial charge is 0.119 e. The lowest BCUT2D eigenvalue weighted by Crippen LogP contribution is -2.45. The van der Waals surface area contributed by atoms with Crippen LogP contribution in [0.25, 0.3) is 0 Å². The predicted molar refractivity (Wildman–Crippen MR) is 114 cm³/mol. The molecule has 146 valence electrons. The highest BCUT2D eigenvalue weighted by Gasteiger charge is 2.38. The summed E-state index contributed by atoms with van der Waals surface area (Å²) >= 11 is 0. The van der Waals surface area contributed by atoms with Gasteiger partial charge in [0.25, 0.3) is 0 Å². The van der Waals surface area contributed by atoms with Gasteiger partial charge in [-0.3, -0.25) is 4.90 Å². The summed E-state index contributed by atoms with van der Waals surface area (Å²) in [5, 5.41) is 0. The summed E-state index contributed by atoms with van der Waals surface area (Å²) < 4.78 is 5.56. The maximum absolute atomic E-state index is 5.56. The molecule has 0 aliphatic heterocycles. The van der Waals surface area contributed by atoms with Crippen LogP contribution in [0.1, 0.15) is 62.1 Å². The lowest BCUT2D eigenvalue weighted by atomic mass is 9.69. The van der Waals surface area contributed by atoms with Crippen molar-refractivity contribution in [2.24, 2.45) is 5.92 Å². The molecule has 3 atom stereocenters. The van der Waals surface area contributed by atoms with E-state index in [1.54, 1.807) is 7.11 Å². The van der Waals surface area contributed by atoms with E-state index in [-0.39, 0.29) is 0 Å². The molecule has 1 aliphatic carbocycles. The van der Waals surface area contributed by atoms with E-state index in [1.165, 1.54) is 48.8 Å². The molecule has 0 bridgehead atoms. The molecule has 1 aliphatic rings. The first-order chi connectivity index (χ1) is 13.2. The zero-order valence-corrected chi connectivity index (χ0v) is 17.4. The van der Waals surface area contributed by atoms with Gasteiger partial charge in [-0.2, -0.15) is 0 Å². The largest absolute Gasteiger partial charge is 0.497 e. The minimum atomic E-state index is 0.583. The van der Waals surface area contributed by atoms with Crippen molar-refractivity contribution in [1.29, 1.82) is 0 Å². The van der Waals surface area contributed by atoms with Crippen molar-refractivity contribution in [1.82, 2.24) is 4.90 Å². The standard InChI is InChI=1S/C25H35NO/c1-5-10-21-16-20-14-15-22(27-4)17-24(20)23(11-6-2)25(21)26(3)18-19-12-8-7-9-13-19/h7-9,12-15,17,21,23,25H,5-6,10-11,16,18H2,1-4H3/t21-,23+,25-/m0/s1. The van der Waals surface area contributed by atoms with Gasteiger partial charge in [0.2, 0.25) is 0 Å². The van der Waals surface area contributed by atoms with E-state index in [4.69, 9.17) is 4.74 Å². The number of nitrogens with zero attached hydrogens (tertiary/aromatic N) is 1. The fourth-order valence-electron chi connectivity index (χ4n) is 5.07. The van der Waals surface area contributed by atoms with Gasteiger partial charge in [0.1, 0.15) is 5.75 Å². The Labute approximate surface area is 165 Å². The molecular formula is C25H35NO. The lowest BCUT2D eigenvalue weighted by Gasteiger charge is -2.45. The van der Waals surface area contributed by atoms with Crippen molar-refractivity contribution in [2.75, 3.05) is 14.2 Å². The average molecular weight is 366 g/mol. The molecule has 0 heterocycles. The minimum Gasteiger partial charge on any atom is -0.497 e. The molecule has 0 amide bonds. The number of fused-ring (bicyclic) bond motifs is 1. The fourth-order valence-corrected chi connectivity index (χ4v) is 5.07. The van der Waals surface area contributed by atoms with Crippen LogP contribution in [0.4, 0.5) is 0 Å². The van der Waals surface area contributed by atoms with Crippen LogP contribution in [-0.4, -0.2) is 25.1 Å². The number of hydrogen-bond donors (Lipinski definition) is 0. The Morgan fingerprint density at radius 2 is 1.74 bits per heavy atom. The summed E-state index contributed by atoms with van der Waals surface area (Å²) in [7, 11) is 4.10. The fraction of sp³-hybridized carbons (Fsp3) is 0.520. The Kier molecular flexibility index (Phi) is 6.95. The van der Waals surface area contributed by atoms with Gasteiger partial charge in [0.05, 0.1) is 7.11 Å². The molecule has 2 aromatic carbocycles. The number of ether oxygens (including phenoxy) is 1. The monoisotopic (exact) mass is 365 g/mol. The van der Waals surface area contributed by atoms with Gasteiger partial charge in [-0.15, -0.1) is 0 Å². The van der Waals surface area contributed by atoms with Gasteiger partial charge in [-0.1, -0.05) is 63.1 Å². The quantitative estimate of drug-likeness (QED) is 0.564. The van der Waals surface area contributed by atoms with Crippen molar-refractivity contribution in [2.45, 2.75) is 64.5 Å². The van der Waals surface area contributed by atoms with Gasteiger partial charge in [-0.05, 0) is 61.1 Å². The Balaban J connectivity index is 1.95. The summed E-state index contributed by atoms with van der Waals surface area (Å²) in [5.41, 5.74) is 4.47. The number of likely N-dealkylation sites (N-methyl/N-ethyl adjacent to an activating group) is 1. The molecule has 2 heteroatoms. The van der Waals surface area contributed by atoms with Gasteiger partial charge in [0.15, 0.2) is 0 Å². The third kappa shape index (κ3) is 4.55. The summed E-state index contributed by atoms with van der Waals surface area (Å²) in [5.74, 6) is 2.30. The second-order valence-electron chi connectivity index (χ2n) is 8.10. The van der Waals surface area contributed by atoms with Crippen LogP contribution in [0, 0.1) is 5.92 Å². The van der Waals surface area contributed by atoms with Crippen molar-refractivity contribution in [3.63, 3.8) is 0 Å². The minimum absolute atomic E-state index is 0.583. The number of hydrogen-bond acceptors (Lipinski definition) is 2. The normalized spacial score (nSPS) is 21.9. The highest BCUT2D eigenvalue weighted by Crippen LogP contribution is 2.43. The summed E-state index contributed by atoms with van der Waals surface area (Å²) in [6.07, 6.45) is 6.21. The van der Waals surface area contributed by atoms with Crippen LogP contribution in [0.2, 0.25) is 0 Å². The Hall–Kier alpha value is -1.80. The first-order valence-electron chi connectivity index (χ1n) is 10.6. The maximum atomic E-state index is 5.56. The molecular weight excluding hydrogens is 330 g/mol. The molecule has 0 aromatic heterocycles. The summed E-state index contributed by atoms with van der Waals surface area (Å²) in [6, 6.07) is 18.2. The van der Waals surface area contributed by atoms with Crippen molar-refractivity contribution in [3.8, 4) is 5.75 Å². The highest BCUT2D eigenvalue weighted by molar-refractivity contribution is 5.41. The van der Waals surface area contributed by atoms with E-state index >= 15 is 0 Å². The summed E-state index contributed by atoms with van der Waals surface area (Å²) in [4.78, 5) is 2.62. The van der Waals surface area contributed by atoms with E-state index in [9.17, 15) is 0 Å². The summed E-state index contributed by atoms with van der Waals surface area (Å²) in [6.45, 7) is 5.66. The van der Waals surface area contributed by atoms with E-state index in [2.05, 4.69) is 74.3 Å². The molecule has 0 radical (unpaired) electrons. The molecule has 2 aromatic rings. The second kappa shape index (κ2) is 9.41. The molecule has 0 fully saturated rings. The molecule has 0 saturated carbocycles. The zero-order valence-electron chi connectivity index (χ0n) is 17.4. The van der Waals surface area contributed by atoms with Crippen molar-refractivity contribution in [3.05, 3.63) is 65.2 Å². The van der Waals surface area contributed by atoms with Gasteiger partial charge in [0, 0.05) is 18.5 Å². The average Bonchev–Trinajstić information content (AvgIpc) is 2.69. The van der Waals surface area contributed by atoms with Crippen LogP contribution < -0.4 is 4.74 Å². The number of rotatable bonds is 8. The Morgan fingerprint density at radius 3 is 2.41 bits per heavy atom. The van der Waals surface area contributed by atoms with Gasteiger partial charge < -0.3 is 4.74 Å². The molecule has 2 nitrogen and oxygen atoms in total. The van der Waals surface area contributed by atoms with E-state index < -0.39 is 0 Å². The van der Waals surface area contributed by atoms with Crippen LogP contribution in [0.5, 0.6) is 5.75 Å². The second-order valence-corrected chi connectivity index (χ2v) is 8.10. The molecule has 27 heavy (non-hydrogen) atoms. The lowest BCUT2D eigenvalue weighted by molar-refractivity contribution is 0.116. The third-order valence-electron chi connectivity index (χ3n) is 6.17. The first-order valence-corrected chi connectivity index (χ1v) is 10.6. The van der Waals surface area contributed by atoms with Crippen molar-refractivity contribution >= 4 is 0 Å². The Bertz CT molecular complexity index is 712. The van der Waals surface area contributed by atoms with Gasteiger partial charge in [-0.25, -0.2) is 0 Å². The third-order valence-corrected chi connectivity index (χ3v) is 6.17. The molecule has 0 spiro atoms. The predicted octanol–water partition coefficient (Wildman–Crippen LogP) is 6.05. The van der Waals surface area contributed by atoms with Crippen LogP contribution in [0.15, 0.2) is 48.5 Å². The van der Waals surface area contributed by atoms with E-state index in [0.29, 0.717) is 12.0 Å². The Morgan fingerprint density at radius 1 is 1.00 bits per heavy atom. The molecule has 3 rings (SSSR count). The molecule has 0 N–H and O–H groups in total. The first kappa shape index (κ1) is 19.9. The highest BCUT2D eigenvalue weighted by atomic mass is 16.5. The number of methoxy groups -OCH3 is 1. The SMILES string of the molecule is CCC[C@H]1Cc2ccc(OC)cc2[C@@H](CCC)[C@H]1N(C)Cc1ccccc1.